The van der Waals surface area contributed by atoms with Gasteiger partial charge in [0, 0.05) is 29.9 Å². The second-order valence-electron chi connectivity index (χ2n) is 4.52. The molecule has 0 spiro atoms. The fourth-order valence-corrected chi connectivity index (χ4v) is 3.04. The molecule has 0 saturated carbocycles. The number of nitrogens with zero attached hydrogens (tertiary/aromatic N) is 1. The van der Waals surface area contributed by atoms with Crippen molar-refractivity contribution in [3.63, 3.8) is 0 Å². The molecule has 1 fully saturated rings. The zero-order valence-corrected chi connectivity index (χ0v) is 12.0. The van der Waals surface area contributed by atoms with Crippen LogP contribution in [0.2, 0.25) is 0 Å². The summed E-state index contributed by atoms with van der Waals surface area (Å²) >= 11 is 0. The number of benzene rings is 1. The van der Waals surface area contributed by atoms with Gasteiger partial charge in [-0.25, -0.2) is 0 Å². The molecule has 0 bridgehead atoms. The number of carbonyl (C=O) groups is 2. The summed E-state index contributed by atoms with van der Waals surface area (Å²) in [6.45, 7) is 1.43. The maximum Gasteiger partial charge on any atom is 0.295 e. The molecule has 1 aliphatic heterocycles. The van der Waals surface area contributed by atoms with E-state index >= 15 is 0 Å². The Morgan fingerprint density at radius 1 is 1.09 bits per heavy atom. The zero-order valence-electron chi connectivity index (χ0n) is 11.1. The minimum absolute atomic E-state index is 0.161. The first-order chi connectivity index (χ1) is 10.2. The number of anilines is 1. The molecule has 0 radical (unpaired) electrons. The van der Waals surface area contributed by atoms with E-state index in [0.29, 0.717) is 26.3 Å². The van der Waals surface area contributed by atoms with Gasteiger partial charge in [-0.1, -0.05) is 0 Å². The van der Waals surface area contributed by atoms with Crippen LogP contribution < -0.4 is 15.1 Å². The summed E-state index contributed by atoms with van der Waals surface area (Å²) < 4.78 is 36.8. The molecule has 1 aliphatic rings. The summed E-state index contributed by atoms with van der Waals surface area (Å²) in [5, 5.41) is 22.3. The van der Waals surface area contributed by atoms with E-state index in [2.05, 4.69) is 0 Å². The lowest BCUT2D eigenvalue weighted by atomic mass is 10.1. The summed E-state index contributed by atoms with van der Waals surface area (Å²) in [5.41, 5.74) is -1.72. The van der Waals surface area contributed by atoms with Gasteiger partial charge in [0.25, 0.3) is 10.1 Å². The van der Waals surface area contributed by atoms with Gasteiger partial charge in [0.1, 0.15) is 4.90 Å². The molecule has 0 atom stereocenters. The fourth-order valence-electron chi connectivity index (χ4n) is 2.20. The van der Waals surface area contributed by atoms with Crippen LogP contribution in [0.15, 0.2) is 17.0 Å². The topological polar surface area (TPSA) is 147 Å². The van der Waals surface area contributed by atoms with Gasteiger partial charge < -0.3 is 29.4 Å². The van der Waals surface area contributed by atoms with Crippen molar-refractivity contribution >= 4 is 27.7 Å². The minimum Gasteiger partial charge on any atom is -0.545 e. The second-order valence-corrected chi connectivity index (χ2v) is 5.88. The van der Waals surface area contributed by atoms with Gasteiger partial charge in [0.15, 0.2) is 0 Å². The summed E-state index contributed by atoms with van der Waals surface area (Å²) in [7, 11) is -5.09. The van der Waals surface area contributed by atoms with E-state index in [9.17, 15) is 28.2 Å². The third-order valence-electron chi connectivity index (χ3n) is 3.15. The highest BCUT2D eigenvalue weighted by Gasteiger charge is 2.24. The zero-order chi connectivity index (χ0) is 16.5. The third kappa shape index (κ3) is 3.18. The van der Waals surface area contributed by atoms with Crippen molar-refractivity contribution in [3.8, 4) is 0 Å². The molecule has 1 aromatic carbocycles. The monoisotopic (exact) mass is 329 g/mol. The molecule has 1 N–H and O–H groups in total. The molecular formula is C12H11NO8S-2. The van der Waals surface area contributed by atoms with Gasteiger partial charge in [-0.3, -0.25) is 4.55 Å². The molecule has 1 heterocycles. The predicted molar refractivity (Wildman–Crippen MR) is 67.9 cm³/mol. The number of carboxylic acids is 2. The predicted octanol–water partition coefficient (Wildman–Crippen LogP) is -2.50. The Hall–Kier alpha value is -2.17. The fraction of sp³-hybridized carbons (Fsp3) is 0.333. The van der Waals surface area contributed by atoms with Gasteiger partial charge in [-0.15, -0.1) is 0 Å². The van der Waals surface area contributed by atoms with E-state index < -0.39 is 38.1 Å². The van der Waals surface area contributed by atoms with Gasteiger partial charge in [0.05, 0.1) is 25.2 Å². The molecule has 22 heavy (non-hydrogen) atoms. The van der Waals surface area contributed by atoms with Gasteiger partial charge in [-0.2, -0.15) is 8.42 Å². The van der Waals surface area contributed by atoms with Crippen molar-refractivity contribution in [1.82, 2.24) is 0 Å². The first kappa shape index (κ1) is 16.2. The van der Waals surface area contributed by atoms with Crippen LogP contribution >= 0.6 is 0 Å². The summed E-state index contributed by atoms with van der Waals surface area (Å²) in [4.78, 5) is 22.6. The van der Waals surface area contributed by atoms with Gasteiger partial charge >= 0.3 is 0 Å². The molecule has 0 aliphatic carbocycles. The van der Waals surface area contributed by atoms with Crippen LogP contribution in [0, 0.1) is 0 Å². The molecule has 10 heteroatoms. The van der Waals surface area contributed by atoms with Crippen molar-refractivity contribution < 1.29 is 37.5 Å². The lowest BCUT2D eigenvalue weighted by Crippen LogP contribution is -2.37. The lowest BCUT2D eigenvalue weighted by molar-refractivity contribution is -0.255. The Morgan fingerprint density at radius 3 is 1.91 bits per heavy atom. The Kier molecular flexibility index (Phi) is 4.35. The highest BCUT2D eigenvalue weighted by molar-refractivity contribution is 7.86. The molecule has 0 amide bonds. The van der Waals surface area contributed by atoms with E-state index in [-0.39, 0.29) is 5.69 Å². The van der Waals surface area contributed by atoms with Crippen LogP contribution in [0.4, 0.5) is 5.69 Å². The molecular weight excluding hydrogens is 318 g/mol. The highest BCUT2D eigenvalue weighted by Crippen LogP contribution is 2.27. The maximum atomic E-state index is 11.3. The van der Waals surface area contributed by atoms with Crippen LogP contribution in [0.5, 0.6) is 0 Å². The van der Waals surface area contributed by atoms with E-state index in [4.69, 9.17) is 9.29 Å². The molecule has 0 aromatic heterocycles. The van der Waals surface area contributed by atoms with E-state index in [0.717, 1.165) is 12.1 Å². The number of morpholine rings is 1. The van der Waals surface area contributed by atoms with Crippen molar-refractivity contribution in [2.24, 2.45) is 0 Å². The van der Waals surface area contributed by atoms with Crippen LogP contribution in [0.1, 0.15) is 20.7 Å². The number of carboxylic acid groups (broad SMARTS) is 2. The molecule has 1 saturated heterocycles. The Labute approximate surface area is 125 Å². The smallest absolute Gasteiger partial charge is 0.295 e. The number of ether oxygens (including phenoxy) is 1. The number of rotatable bonds is 4. The molecule has 2 rings (SSSR count). The molecule has 1 aromatic rings. The largest absolute Gasteiger partial charge is 0.545 e. The summed E-state index contributed by atoms with van der Waals surface area (Å²) in [6.07, 6.45) is 0. The number of hydrogen-bond donors (Lipinski definition) is 1. The Morgan fingerprint density at radius 2 is 1.55 bits per heavy atom. The van der Waals surface area contributed by atoms with Crippen molar-refractivity contribution in [3.05, 3.63) is 23.3 Å². The number of carbonyl (C=O) groups excluding carboxylic acids is 2. The van der Waals surface area contributed by atoms with E-state index in [1.54, 1.807) is 4.90 Å². The van der Waals surface area contributed by atoms with Crippen LogP contribution in [-0.4, -0.2) is 51.2 Å². The maximum absolute atomic E-state index is 11.3. The Balaban J connectivity index is 2.70. The second kappa shape index (κ2) is 5.91. The standard InChI is InChI=1S/C12H13NO8S/c14-11(15)8-5-7(13-1-3-21-4-2-13)6-9(12(16)17)10(8)22(18,19)20/h5-6H,1-4H2,(H,14,15)(H,16,17)(H,18,19,20)/p-2. The quantitative estimate of drug-likeness (QED) is 0.592. The Bertz CT molecular complexity index is 686. The van der Waals surface area contributed by atoms with Crippen molar-refractivity contribution in [2.45, 2.75) is 4.90 Å². The molecule has 0 unspecified atom stereocenters. The average Bonchev–Trinajstić information content (AvgIpc) is 2.45. The lowest BCUT2D eigenvalue weighted by Gasteiger charge is -2.30. The van der Waals surface area contributed by atoms with Crippen molar-refractivity contribution in [1.29, 1.82) is 0 Å². The van der Waals surface area contributed by atoms with Gasteiger partial charge in [0.2, 0.25) is 0 Å². The van der Waals surface area contributed by atoms with E-state index in [1.807, 2.05) is 0 Å². The number of aromatic carboxylic acids is 2. The summed E-state index contributed by atoms with van der Waals surface area (Å²) in [5.74, 6) is -3.85. The minimum atomic E-state index is -5.09. The number of hydrogen-bond acceptors (Lipinski definition) is 8. The van der Waals surface area contributed by atoms with E-state index in [1.165, 1.54) is 0 Å². The first-order valence-corrected chi connectivity index (χ1v) is 7.56. The molecule has 120 valence electrons. The average molecular weight is 329 g/mol. The SMILES string of the molecule is O=C([O-])c1cc(N2CCOCC2)cc(C(=O)[O-])c1S(=O)(=O)O. The van der Waals surface area contributed by atoms with Gasteiger partial charge in [-0.05, 0) is 12.1 Å². The molecule has 9 nitrogen and oxygen atoms in total. The van der Waals surface area contributed by atoms with Crippen molar-refractivity contribution in [2.75, 3.05) is 31.2 Å². The third-order valence-corrected chi connectivity index (χ3v) is 4.10. The van der Waals surface area contributed by atoms with Crippen LogP contribution in [0.25, 0.3) is 0 Å². The van der Waals surface area contributed by atoms with Crippen LogP contribution in [0.3, 0.4) is 0 Å². The summed E-state index contributed by atoms with van der Waals surface area (Å²) in [6, 6.07) is 1.88. The highest BCUT2D eigenvalue weighted by atomic mass is 32.2. The normalized spacial score (nSPS) is 15.6. The first-order valence-electron chi connectivity index (χ1n) is 6.12. The van der Waals surface area contributed by atoms with Crippen LogP contribution in [-0.2, 0) is 14.9 Å².